The van der Waals surface area contributed by atoms with Crippen LogP contribution in [0.2, 0.25) is 0 Å². The molecule has 3 aromatic carbocycles. The maximum absolute atomic E-state index is 13.8. The first-order chi connectivity index (χ1) is 19.8. The molecule has 5 aromatic rings. The van der Waals surface area contributed by atoms with E-state index >= 15 is 0 Å². The molecule has 8 rings (SSSR count). The summed E-state index contributed by atoms with van der Waals surface area (Å²) >= 11 is 0. The standard InChI is InChI=1S/C31H31N5O4S/c1-40-27-16-25-22(15-21(27)18-7-9-20(10-8-18)41(2,38)39)29(32-26-17-36-13-11-19(26)12-14-36)28(31(37)35-25)30-33-23-5-3-4-6-24(23)34-30/h3-10,15-16,19,26H,11-14,17H2,1-2H3,(H,33,34)(H2,32,35,37)/t26-/m0/s1. The number of piperidine rings is 3. The average molecular weight is 570 g/mol. The van der Waals surface area contributed by atoms with Gasteiger partial charge in [0.05, 0.1) is 34.2 Å². The van der Waals surface area contributed by atoms with Gasteiger partial charge in [0.1, 0.15) is 17.1 Å². The summed E-state index contributed by atoms with van der Waals surface area (Å²) in [6.07, 6.45) is 3.45. The topological polar surface area (TPSA) is 120 Å². The fraction of sp³-hybridized carbons (Fsp3) is 0.290. The van der Waals surface area contributed by atoms with E-state index in [9.17, 15) is 13.2 Å². The van der Waals surface area contributed by atoms with Crippen LogP contribution in [-0.4, -0.2) is 67.3 Å². The van der Waals surface area contributed by atoms with Crippen molar-refractivity contribution < 1.29 is 13.2 Å². The van der Waals surface area contributed by atoms with Crippen molar-refractivity contribution >= 4 is 37.5 Å². The molecule has 0 saturated carbocycles. The SMILES string of the molecule is COc1cc2[nH]c(=O)c(-c3nc4ccccc4[nH]3)c(N[C@H]3CN4CCC3CC4)c2cc1-c1ccc(S(C)(=O)=O)cc1. The maximum atomic E-state index is 13.8. The number of sulfone groups is 1. The highest BCUT2D eigenvalue weighted by atomic mass is 32.2. The van der Waals surface area contributed by atoms with Crippen LogP contribution in [0.15, 0.2) is 70.4 Å². The second kappa shape index (κ2) is 9.74. The molecule has 0 spiro atoms. The van der Waals surface area contributed by atoms with Crippen molar-refractivity contribution in [3.05, 3.63) is 71.0 Å². The van der Waals surface area contributed by atoms with Gasteiger partial charge in [0.15, 0.2) is 9.84 Å². The monoisotopic (exact) mass is 569 g/mol. The van der Waals surface area contributed by atoms with Gasteiger partial charge in [-0.25, -0.2) is 13.4 Å². The van der Waals surface area contributed by atoms with Gasteiger partial charge in [-0.1, -0.05) is 24.3 Å². The smallest absolute Gasteiger partial charge is 0.261 e. The van der Waals surface area contributed by atoms with E-state index in [0.29, 0.717) is 28.6 Å². The number of anilines is 1. The molecule has 3 saturated heterocycles. The Morgan fingerprint density at radius 3 is 2.41 bits per heavy atom. The fourth-order valence-corrected chi connectivity index (χ4v) is 6.99. The molecule has 10 heteroatoms. The van der Waals surface area contributed by atoms with Crippen LogP contribution in [0.25, 0.3) is 44.5 Å². The summed E-state index contributed by atoms with van der Waals surface area (Å²) in [6.45, 7) is 3.15. The zero-order chi connectivity index (χ0) is 28.3. The third kappa shape index (κ3) is 4.57. The van der Waals surface area contributed by atoms with E-state index in [1.807, 2.05) is 36.4 Å². The van der Waals surface area contributed by atoms with Gasteiger partial charge in [-0.2, -0.15) is 0 Å². The summed E-state index contributed by atoms with van der Waals surface area (Å²) in [5.41, 5.74) is 4.85. The first-order valence-electron chi connectivity index (χ1n) is 13.8. The normalized spacial score (nSPS) is 20.5. The lowest BCUT2D eigenvalue weighted by molar-refractivity contribution is 0.0976. The van der Waals surface area contributed by atoms with Gasteiger partial charge >= 0.3 is 0 Å². The molecule has 0 amide bonds. The molecule has 41 heavy (non-hydrogen) atoms. The van der Waals surface area contributed by atoms with E-state index in [2.05, 4.69) is 20.2 Å². The molecule has 0 aliphatic carbocycles. The Morgan fingerprint density at radius 1 is 1.00 bits per heavy atom. The minimum Gasteiger partial charge on any atom is -0.496 e. The number of hydrogen-bond acceptors (Lipinski definition) is 7. The van der Waals surface area contributed by atoms with Crippen LogP contribution < -0.4 is 15.6 Å². The number of nitrogens with zero attached hydrogens (tertiary/aromatic N) is 2. The number of para-hydroxylation sites is 2. The highest BCUT2D eigenvalue weighted by Crippen LogP contribution is 2.40. The lowest BCUT2D eigenvalue weighted by atomic mass is 9.83. The summed E-state index contributed by atoms with van der Waals surface area (Å²) < 4.78 is 29.9. The number of rotatable bonds is 6. The molecule has 3 aliphatic rings. The Hall–Kier alpha value is -4.15. The maximum Gasteiger partial charge on any atom is 0.261 e. The second-order valence-electron chi connectivity index (χ2n) is 11.1. The first kappa shape index (κ1) is 25.8. The van der Waals surface area contributed by atoms with E-state index in [4.69, 9.17) is 9.72 Å². The highest BCUT2D eigenvalue weighted by molar-refractivity contribution is 7.90. The minimum absolute atomic E-state index is 0.199. The van der Waals surface area contributed by atoms with Gasteiger partial charge in [0.25, 0.3) is 5.56 Å². The van der Waals surface area contributed by atoms with Crippen molar-refractivity contribution in [3.8, 4) is 28.3 Å². The number of nitrogens with one attached hydrogen (secondary N) is 3. The van der Waals surface area contributed by atoms with Crippen LogP contribution in [0.1, 0.15) is 12.8 Å². The largest absolute Gasteiger partial charge is 0.496 e. The summed E-state index contributed by atoms with van der Waals surface area (Å²) in [4.78, 5) is 27.7. The Labute approximate surface area is 237 Å². The number of aromatic nitrogens is 3. The minimum atomic E-state index is -3.33. The van der Waals surface area contributed by atoms with Gasteiger partial charge in [-0.05, 0) is 67.7 Å². The van der Waals surface area contributed by atoms with Gasteiger partial charge in [-0.15, -0.1) is 0 Å². The van der Waals surface area contributed by atoms with E-state index in [0.717, 1.165) is 65.7 Å². The molecule has 0 radical (unpaired) electrons. The van der Waals surface area contributed by atoms with Gasteiger partial charge in [0.2, 0.25) is 0 Å². The van der Waals surface area contributed by atoms with Crippen LogP contribution in [0, 0.1) is 5.92 Å². The number of hydrogen-bond donors (Lipinski definition) is 3. The molecular weight excluding hydrogens is 538 g/mol. The number of imidazole rings is 1. The van der Waals surface area contributed by atoms with Crippen LogP contribution in [-0.2, 0) is 9.84 Å². The molecule has 2 aromatic heterocycles. The number of pyridine rings is 1. The Kier molecular flexibility index (Phi) is 6.13. The summed E-state index contributed by atoms with van der Waals surface area (Å²) in [7, 11) is -1.74. The van der Waals surface area contributed by atoms with Crippen LogP contribution in [0.5, 0.6) is 5.75 Å². The Balaban J connectivity index is 1.45. The molecule has 3 fully saturated rings. The molecule has 3 aliphatic heterocycles. The number of methoxy groups -OCH3 is 1. The van der Waals surface area contributed by atoms with Crippen molar-refractivity contribution in [3.63, 3.8) is 0 Å². The molecule has 210 valence electrons. The Bertz CT molecular complexity index is 1920. The summed E-state index contributed by atoms with van der Waals surface area (Å²) in [6, 6.07) is 18.6. The van der Waals surface area contributed by atoms with E-state index in [1.165, 1.54) is 6.26 Å². The number of benzene rings is 3. The predicted molar refractivity (Wildman–Crippen MR) is 161 cm³/mol. The van der Waals surface area contributed by atoms with E-state index in [1.54, 1.807) is 31.4 Å². The van der Waals surface area contributed by atoms with Crippen molar-refractivity contribution in [2.45, 2.75) is 23.8 Å². The van der Waals surface area contributed by atoms with E-state index < -0.39 is 9.84 Å². The molecular formula is C31H31N5O4S. The third-order valence-electron chi connectivity index (χ3n) is 8.54. The molecule has 3 N–H and O–H groups in total. The van der Waals surface area contributed by atoms with Gasteiger partial charge < -0.3 is 24.9 Å². The highest BCUT2D eigenvalue weighted by Gasteiger charge is 2.35. The van der Waals surface area contributed by atoms with Crippen LogP contribution >= 0.6 is 0 Å². The summed E-state index contributed by atoms with van der Waals surface area (Å²) in [5.74, 6) is 1.61. The average Bonchev–Trinajstić information content (AvgIpc) is 3.40. The number of H-pyrrole nitrogens is 2. The predicted octanol–water partition coefficient (Wildman–Crippen LogP) is 4.66. The molecule has 5 heterocycles. The number of fused-ring (bicyclic) bond motifs is 5. The quantitative estimate of drug-likeness (QED) is 0.272. The van der Waals surface area contributed by atoms with Gasteiger partial charge in [0, 0.05) is 35.9 Å². The van der Waals surface area contributed by atoms with Crippen molar-refractivity contribution in [2.24, 2.45) is 5.92 Å². The van der Waals surface area contributed by atoms with Crippen molar-refractivity contribution in [1.29, 1.82) is 0 Å². The molecule has 9 nitrogen and oxygen atoms in total. The van der Waals surface area contributed by atoms with Crippen molar-refractivity contribution in [1.82, 2.24) is 19.9 Å². The second-order valence-corrected chi connectivity index (χ2v) is 13.1. The first-order valence-corrected chi connectivity index (χ1v) is 15.7. The Morgan fingerprint density at radius 2 is 1.76 bits per heavy atom. The molecule has 1 atom stereocenters. The number of ether oxygens (including phenoxy) is 1. The zero-order valence-electron chi connectivity index (χ0n) is 22.9. The summed E-state index contributed by atoms with van der Waals surface area (Å²) in [5, 5.41) is 4.64. The number of aromatic amines is 2. The lowest BCUT2D eigenvalue weighted by Gasteiger charge is -2.45. The van der Waals surface area contributed by atoms with Gasteiger partial charge in [-0.3, -0.25) is 4.79 Å². The zero-order valence-corrected chi connectivity index (χ0v) is 23.7. The van der Waals surface area contributed by atoms with Crippen molar-refractivity contribution in [2.75, 3.05) is 38.3 Å². The molecule has 2 bridgehead atoms. The van der Waals surface area contributed by atoms with Crippen LogP contribution in [0.3, 0.4) is 0 Å². The lowest BCUT2D eigenvalue weighted by Crippen LogP contribution is -2.53. The van der Waals surface area contributed by atoms with Crippen LogP contribution in [0.4, 0.5) is 5.69 Å². The fourth-order valence-electron chi connectivity index (χ4n) is 6.36. The third-order valence-corrected chi connectivity index (χ3v) is 9.67. The molecule has 0 unspecified atom stereocenters. The van der Waals surface area contributed by atoms with E-state index in [-0.39, 0.29) is 16.5 Å².